The Hall–Kier alpha value is -1.99. The smallest absolute Gasteiger partial charge is 0.410 e. The van der Waals surface area contributed by atoms with Gasteiger partial charge >= 0.3 is 6.09 Å². The molecule has 1 aromatic carbocycles. The van der Waals surface area contributed by atoms with Crippen molar-refractivity contribution in [2.75, 3.05) is 13.1 Å². The summed E-state index contributed by atoms with van der Waals surface area (Å²) in [5.41, 5.74) is -0.277. The van der Waals surface area contributed by atoms with Crippen LogP contribution in [0.15, 0.2) is 18.2 Å². The average Bonchev–Trinajstić information content (AvgIpc) is 2.66. The van der Waals surface area contributed by atoms with E-state index in [0.717, 1.165) is 0 Å². The van der Waals surface area contributed by atoms with Crippen molar-refractivity contribution in [3.05, 3.63) is 33.8 Å². The molecule has 1 saturated heterocycles. The molecule has 1 aromatic rings. The molecule has 0 saturated carbocycles. The normalized spacial score (nSPS) is 15.9. The predicted octanol–water partition coefficient (Wildman–Crippen LogP) is 4.65. The van der Waals surface area contributed by atoms with Gasteiger partial charge in [0.15, 0.2) is 0 Å². The maximum absolute atomic E-state index is 13.0. The minimum atomic E-state index is -0.696. The summed E-state index contributed by atoms with van der Waals surface area (Å²) in [5.74, 6) is -0.471. The van der Waals surface area contributed by atoms with Crippen molar-refractivity contribution < 1.29 is 19.1 Å². The first-order valence-corrected chi connectivity index (χ1v) is 11.7. The molecule has 3 amide bonds. The largest absolute Gasteiger partial charge is 0.444 e. The first-order valence-electron chi connectivity index (χ1n) is 10.9. The molecule has 0 aromatic heterocycles. The maximum Gasteiger partial charge on any atom is 0.410 e. The number of likely N-dealkylation sites (tertiary alicyclic amines) is 1. The summed E-state index contributed by atoms with van der Waals surface area (Å²) >= 11 is 12.0. The Labute approximate surface area is 200 Å². The highest BCUT2D eigenvalue weighted by Gasteiger charge is 2.30. The Morgan fingerprint density at radius 1 is 1.16 bits per heavy atom. The first-order chi connectivity index (χ1) is 14.9. The highest BCUT2D eigenvalue weighted by atomic mass is 35.5. The molecule has 9 heteroatoms. The van der Waals surface area contributed by atoms with E-state index in [1.54, 1.807) is 11.0 Å². The van der Waals surface area contributed by atoms with E-state index in [1.807, 2.05) is 34.6 Å². The summed E-state index contributed by atoms with van der Waals surface area (Å²) in [4.78, 5) is 39.6. The van der Waals surface area contributed by atoms with E-state index in [-0.39, 0.29) is 34.5 Å². The van der Waals surface area contributed by atoms with Gasteiger partial charge < -0.3 is 20.3 Å². The fourth-order valence-corrected chi connectivity index (χ4v) is 3.94. The van der Waals surface area contributed by atoms with Crippen molar-refractivity contribution in [1.82, 2.24) is 15.5 Å². The number of nitrogens with one attached hydrogen (secondary N) is 2. The Morgan fingerprint density at radius 2 is 1.78 bits per heavy atom. The van der Waals surface area contributed by atoms with Crippen molar-refractivity contribution in [3.8, 4) is 0 Å². The van der Waals surface area contributed by atoms with Gasteiger partial charge in [-0.3, -0.25) is 9.59 Å². The van der Waals surface area contributed by atoms with Crippen LogP contribution < -0.4 is 10.6 Å². The van der Waals surface area contributed by atoms with Gasteiger partial charge in [-0.1, -0.05) is 37.0 Å². The van der Waals surface area contributed by atoms with Crippen LogP contribution in [0.3, 0.4) is 0 Å². The number of nitrogens with zero attached hydrogens (tertiary/aromatic N) is 1. The molecule has 1 aliphatic heterocycles. The van der Waals surface area contributed by atoms with Gasteiger partial charge in [-0.05, 0) is 64.2 Å². The molecule has 32 heavy (non-hydrogen) atoms. The standard InChI is InChI=1S/C23H33Cl2N3O4/c1-14(2)12-19(27-20(29)17-7-6-15(24)13-18(17)25)21(30)26-16-8-10-28(11-9-16)22(31)32-23(3,4)5/h6-7,13-14,16,19H,8-12H2,1-5H3,(H,26,30)(H,27,29). The van der Waals surface area contributed by atoms with Gasteiger partial charge in [-0.25, -0.2) is 4.79 Å². The Kier molecular flexibility index (Phi) is 9.22. The van der Waals surface area contributed by atoms with E-state index in [1.165, 1.54) is 12.1 Å². The molecular weight excluding hydrogens is 453 g/mol. The molecule has 0 spiro atoms. The highest BCUT2D eigenvalue weighted by Crippen LogP contribution is 2.21. The van der Waals surface area contributed by atoms with Crippen LogP contribution in [0.5, 0.6) is 0 Å². The topological polar surface area (TPSA) is 87.7 Å². The number of hydrogen-bond donors (Lipinski definition) is 2. The Morgan fingerprint density at radius 3 is 2.31 bits per heavy atom. The molecule has 178 valence electrons. The number of halogens is 2. The van der Waals surface area contributed by atoms with Crippen molar-refractivity contribution in [2.45, 2.75) is 71.6 Å². The molecule has 1 aliphatic rings. The van der Waals surface area contributed by atoms with Crippen molar-refractivity contribution in [2.24, 2.45) is 5.92 Å². The molecule has 1 fully saturated rings. The van der Waals surface area contributed by atoms with E-state index in [0.29, 0.717) is 37.4 Å². The third-order valence-electron chi connectivity index (χ3n) is 5.00. The zero-order chi connectivity index (χ0) is 24.1. The van der Waals surface area contributed by atoms with E-state index >= 15 is 0 Å². The lowest BCUT2D eigenvalue weighted by Gasteiger charge is -2.34. The molecule has 0 aliphatic carbocycles. The van der Waals surface area contributed by atoms with Crippen molar-refractivity contribution in [3.63, 3.8) is 0 Å². The quantitative estimate of drug-likeness (QED) is 0.613. The summed E-state index contributed by atoms with van der Waals surface area (Å²) < 4.78 is 5.41. The van der Waals surface area contributed by atoms with Crippen LogP contribution in [0.25, 0.3) is 0 Å². The molecule has 0 bridgehead atoms. The summed E-state index contributed by atoms with van der Waals surface area (Å²) in [6.45, 7) is 10.5. The van der Waals surface area contributed by atoms with Gasteiger partial charge in [0.2, 0.25) is 5.91 Å². The Balaban J connectivity index is 1.95. The van der Waals surface area contributed by atoms with Crippen molar-refractivity contribution >= 4 is 41.1 Å². The van der Waals surface area contributed by atoms with Crippen LogP contribution in [-0.2, 0) is 9.53 Å². The molecular formula is C23H33Cl2N3O4. The van der Waals surface area contributed by atoms with E-state index in [4.69, 9.17) is 27.9 Å². The SMILES string of the molecule is CC(C)CC(NC(=O)c1ccc(Cl)cc1Cl)C(=O)NC1CCN(C(=O)OC(C)(C)C)CC1. The van der Waals surface area contributed by atoms with Crippen LogP contribution in [0.4, 0.5) is 4.79 Å². The van der Waals surface area contributed by atoms with Gasteiger partial charge in [0, 0.05) is 24.2 Å². The summed E-state index contributed by atoms with van der Waals surface area (Å²) in [5, 5.41) is 6.49. The maximum atomic E-state index is 13.0. The lowest BCUT2D eigenvalue weighted by Crippen LogP contribution is -2.53. The van der Waals surface area contributed by atoms with Crippen molar-refractivity contribution in [1.29, 1.82) is 0 Å². The lowest BCUT2D eigenvalue weighted by molar-refractivity contribution is -0.124. The van der Waals surface area contributed by atoms with Crippen LogP contribution in [0.1, 0.15) is 64.2 Å². The lowest BCUT2D eigenvalue weighted by atomic mass is 10.0. The third kappa shape index (κ3) is 8.17. The van der Waals surface area contributed by atoms with Crippen LogP contribution >= 0.6 is 23.2 Å². The number of benzene rings is 1. The molecule has 2 N–H and O–H groups in total. The van der Waals surface area contributed by atoms with Gasteiger partial charge in [0.1, 0.15) is 11.6 Å². The fourth-order valence-electron chi connectivity index (χ4n) is 3.45. The number of amides is 3. The van der Waals surface area contributed by atoms with Crippen LogP contribution in [-0.4, -0.2) is 53.6 Å². The average molecular weight is 486 g/mol. The second kappa shape index (κ2) is 11.2. The molecule has 0 radical (unpaired) electrons. The van der Waals surface area contributed by atoms with Gasteiger partial charge in [-0.2, -0.15) is 0 Å². The highest BCUT2D eigenvalue weighted by molar-refractivity contribution is 6.36. The first kappa shape index (κ1) is 26.3. The second-order valence-corrected chi connectivity index (χ2v) is 10.4. The molecule has 1 unspecified atom stereocenters. The Bertz CT molecular complexity index is 831. The zero-order valence-electron chi connectivity index (χ0n) is 19.3. The van der Waals surface area contributed by atoms with Gasteiger partial charge in [-0.15, -0.1) is 0 Å². The zero-order valence-corrected chi connectivity index (χ0v) is 20.8. The minimum absolute atomic E-state index is 0.0770. The fraction of sp³-hybridized carbons (Fsp3) is 0.609. The number of carbonyl (C=O) groups is 3. The summed E-state index contributed by atoms with van der Waals surface area (Å²) in [6.07, 6.45) is 1.39. The second-order valence-electron chi connectivity index (χ2n) is 9.53. The summed E-state index contributed by atoms with van der Waals surface area (Å²) in [6, 6.07) is 3.84. The number of carbonyl (C=O) groups excluding carboxylic acids is 3. The number of ether oxygens (including phenoxy) is 1. The summed E-state index contributed by atoms with van der Waals surface area (Å²) in [7, 11) is 0. The molecule has 7 nitrogen and oxygen atoms in total. The van der Waals surface area contributed by atoms with E-state index in [2.05, 4.69) is 10.6 Å². The van der Waals surface area contributed by atoms with Gasteiger partial charge in [0.05, 0.1) is 10.6 Å². The molecule has 1 heterocycles. The monoisotopic (exact) mass is 485 g/mol. The van der Waals surface area contributed by atoms with E-state index < -0.39 is 17.6 Å². The third-order valence-corrected chi connectivity index (χ3v) is 5.55. The van der Waals surface area contributed by atoms with Crippen LogP contribution in [0.2, 0.25) is 10.0 Å². The number of piperidine rings is 1. The number of rotatable bonds is 6. The van der Waals surface area contributed by atoms with E-state index in [9.17, 15) is 14.4 Å². The molecule has 1 atom stereocenters. The number of hydrogen-bond acceptors (Lipinski definition) is 4. The van der Waals surface area contributed by atoms with Crippen LogP contribution in [0, 0.1) is 5.92 Å². The molecule has 2 rings (SSSR count). The van der Waals surface area contributed by atoms with Gasteiger partial charge in [0.25, 0.3) is 5.91 Å². The minimum Gasteiger partial charge on any atom is -0.444 e. The predicted molar refractivity (Wildman–Crippen MR) is 126 cm³/mol.